The highest BCUT2D eigenvalue weighted by Gasteiger charge is 2.14. The van der Waals surface area contributed by atoms with Crippen LogP contribution in [0.1, 0.15) is 16.0 Å². The molecule has 0 spiro atoms. The Hall–Kier alpha value is -1.86. The van der Waals surface area contributed by atoms with Crippen molar-refractivity contribution in [2.24, 2.45) is 0 Å². The van der Waals surface area contributed by atoms with Crippen LogP contribution in [-0.4, -0.2) is 0 Å². The van der Waals surface area contributed by atoms with E-state index in [0.717, 1.165) is 21.6 Å². The molecule has 0 unspecified atom stereocenters. The summed E-state index contributed by atoms with van der Waals surface area (Å²) in [6.07, 6.45) is 0. The number of nitrogens with two attached hydrogens (primary N) is 1. The number of halogens is 1. The van der Waals surface area contributed by atoms with E-state index in [0.29, 0.717) is 10.6 Å². The van der Waals surface area contributed by atoms with E-state index in [-0.39, 0.29) is 5.82 Å². The minimum atomic E-state index is -0.273. The van der Waals surface area contributed by atoms with E-state index in [1.807, 2.05) is 19.9 Å². The van der Waals surface area contributed by atoms with Crippen molar-refractivity contribution in [2.45, 2.75) is 13.8 Å². The first-order chi connectivity index (χ1) is 8.02. The quantitative estimate of drug-likeness (QED) is 0.835. The van der Waals surface area contributed by atoms with Crippen molar-refractivity contribution in [3.63, 3.8) is 0 Å². The number of rotatable bonds is 1. The van der Waals surface area contributed by atoms with Crippen molar-refractivity contribution in [3.05, 3.63) is 40.0 Å². The van der Waals surface area contributed by atoms with Crippen LogP contribution in [0.15, 0.2) is 18.2 Å². The van der Waals surface area contributed by atoms with Gasteiger partial charge in [0, 0.05) is 4.88 Å². The van der Waals surface area contributed by atoms with E-state index < -0.39 is 0 Å². The van der Waals surface area contributed by atoms with Crippen LogP contribution >= 0.6 is 11.3 Å². The minimum Gasteiger partial charge on any atom is -0.397 e. The summed E-state index contributed by atoms with van der Waals surface area (Å²) >= 11 is 1.30. The van der Waals surface area contributed by atoms with Crippen molar-refractivity contribution >= 4 is 17.0 Å². The molecule has 2 aromatic rings. The zero-order valence-electron chi connectivity index (χ0n) is 9.54. The van der Waals surface area contributed by atoms with Crippen LogP contribution < -0.4 is 5.73 Å². The first-order valence-corrected chi connectivity index (χ1v) is 5.91. The molecule has 0 amide bonds. The maximum Gasteiger partial charge on any atom is 0.128 e. The van der Waals surface area contributed by atoms with Gasteiger partial charge in [-0.2, -0.15) is 5.26 Å². The topological polar surface area (TPSA) is 49.8 Å². The largest absolute Gasteiger partial charge is 0.397 e. The number of aryl methyl sites for hydroxylation is 1. The third-order valence-electron chi connectivity index (χ3n) is 2.60. The summed E-state index contributed by atoms with van der Waals surface area (Å²) in [4.78, 5) is 1.35. The number of hydrogen-bond donors (Lipinski definition) is 1. The molecule has 0 aliphatic carbocycles. The molecule has 2 nitrogen and oxygen atoms in total. The van der Waals surface area contributed by atoms with E-state index in [4.69, 9.17) is 11.0 Å². The van der Waals surface area contributed by atoms with Gasteiger partial charge in [0.05, 0.1) is 5.69 Å². The number of benzene rings is 1. The van der Waals surface area contributed by atoms with E-state index in [2.05, 4.69) is 6.07 Å². The summed E-state index contributed by atoms with van der Waals surface area (Å²) in [5, 5.41) is 8.92. The van der Waals surface area contributed by atoms with Gasteiger partial charge in [0.15, 0.2) is 0 Å². The summed E-state index contributed by atoms with van der Waals surface area (Å²) in [7, 11) is 0. The summed E-state index contributed by atoms with van der Waals surface area (Å²) in [6.45, 7) is 3.69. The summed E-state index contributed by atoms with van der Waals surface area (Å²) in [5.41, 5.74) is 8.79. The van der Waals surface area contributed by atoms with Crippen LogP contribution in [0.5, 0.6) is 0 Å². The zero-order valence-corrected chi connectivity index (χ0v) is 10.4. The van der Waals surface area contributed by atoms with Crippen molar-refractivity contribution in [2.75, 3.05) is 5.73 Å². The second kappa shape index (κ2) is 4.19. The first-order valence-electron chi connectivity index (χ1n) is 5.09. The fourth-order valence-corrected chi connectivity index (χ4v) is 2.76. The zero-order chi connectivity index (χ0) is 12.6. The number of nitrogen functional groups attached to an aromatic ring is 1. The Kier molecular flexibility index (Phi) is 2.86. The molecule has 0 radical (unpaired) electrons. The fourth-order valence-electron chi connectivity index (χ4n) is 1.75. The minimum absolute atomic E-state index is 0.273. The van der Waals surface area contributed by atoms with Crippen molar-refractivity contribution < 1.29 is 4.39 Å². The van der Waals surface area contributed by atoms with E-state index in [1.165, 1.54) is 23.5 Å². The van der Waals surface area contributed by atoms with E-state index >= 15 is 0 Å². The van der Waals surface area contributed by atoms with Gasteiger partial charge in [-0.05, 0) is 42.7 Å². The lowest BCUT2D eigenvalue weighted by molar-refractivity contribution is 0.627. The van der Waals surface area contributed by atoms with Gasteiger partial charge in [-0.15, -0.1) is 11.3 Å². The second-order valence-corrected chi connectivity index (χ2v) is 4.95. The molecule has 0 saturated heterocycles. The molecule has 1 heterocycles. The monoisotopic (exact) mass is 246 g/mol. The highest BCUT2D eigenvalue weighted by molar-refractivity contribution is 7.16. The van der Waals surface area contributed by atoms with Crippen LogP contribution in [-0.2, 0) is 0 Å². The smallest absolute Gasteiger partial charge is 0.128 e. The highest BCUT2D eigenvalue weighted by Crippen LogP contribution is 2.38. The Morgan fingerprint density at radius 2 is 2.00 bits per heavy atom. The molecule has 4 heteroatoms. The predicted octanol–water partition coefficient (Wildman–Crippen LogP) is 3.62. The molecule has 2 N–H and O–H groups in total. The molecule has 0 aliphatic heterocycles. The van der Waals surface area contributed by atoms with Crippen LogP contribution in [0.2, 0.25) is 0 Å². The molecule has 86 valence electrons. The maximum atomic E-state index is 13.3. The first kappa shape index (κ1) is 11.6. The molecule has 17 heavy (non-hydrogen) atoms. The second-order valence-electron chi connectivity index (χ2n) is 3.93. The molecule has 0 fully saturated rings. The number of nitriles is 1. The predicted molar refractivity (Wildman–Crippen MR) is 68.3 cm³/mol. The molecule has 1 aromatic heterocycles. The standard InChI is InChI=1S/C13H11FN2S/c1-7-3-9(5-10(14)4-7)13-8(2)12(16)11(6-15)17-13/h3-5H,16H2,1-2H3. The van der Waals surface area contributed by atoms with Crippen molar-refractivity contribution in [1.29, 1.82) is 5.26 Å². The lowest BCUT2D eigenvalue weighted by Gasteiger charge is -2.02. The average molecular weight is 246 g/mol. The average Bonchev–Trinajstić information content (AvgIpc) is 2.54. The molecular weight excluding hydrogens is 235 g/mol. The Morgan fingerprint density at radius 1 is 1.29 bits per heavy atom. The number of nitrogens with zero attached hydrogens (tertiary/aromatic N) is 1. The molecule has 1 aromatic carbocycles. The van der Waals surface area contributed by atoms with Gasteiger partial charge in [-0.25, -0.2) is 4.39 Å². The molecule has 0 bridgehead atoms. The van der Waals surface area contributed by atoms with Gasteiger partial charge in [0.25, 0.3) is 0 Å². The molecule has 2 rings (SSSR count). The molecule has 0 aliphatic rings. The van der Waals surface area contributed by atoms with Gasteiger partial charge in [0.2, 0.25) is 0 Å². The Labute approximate surface area is 103 Å². The molecule has 0 saturated carbocycles. The lowest BCUT2D eigenvalue weighted by atomic mass is 10.1. The number of anilines is 1. The van der Waals surface area contributed by atoms with E-state index in [9.17, 15) is 4.39 Å². The third kappa shape index (κ3) is 2.02. The van der Waals surface area contributed by atoms with E-state index in [1.54, 1.807) is 0 Å². The SMILES string of the molecule is Cc1cc(F)cc(-c2sc(C#N)c(N)c2C)c1. The fraction of sp³-hybridized carbons (Fsp3) is 0.154. The van der Waals surface area contributed by atoms with Gasteiger partial charge in [-0.1, -0.05) is 6.07 Å². The van der Waals surface area contributed by atoms with Gasteiger partial charge in [-0.3, -0.25) is 0 Å². The van der Waals surface area contributed by atoms with Crippen LogP contribution in [0.25, 0.3) is 10.4 Å². The number of hydrogen-bond acceptors (Lipinski definition) is 3. The van der Waals surface area contributed by atoms with Crippen molar-refractivity contribution in [1.82, 2.24) is 0 Å². The van der Waals surface area contributed by atoms with Crippen LogP contribution in [0.4, 0.5) is 10.1 Å². The maximum absolute atomic E-state index is 13.3. The summed E-state index contributed by atoms with van der Waals surface area (Å²) < 4.78 is 13.3. The Bertz CT molecular complexity index is 603. The van der Waals surface area contributed by atoms with Gasteiger partial charge < -0.3 is 5.73 Å². The summed E-state index contributed by atoms with van der Waals surface area (Å²) in [6, 6.07) is 6.88. The van der Waals surface area contributed by atoms with Crippen molar-refractivity contribution in [3.8, 4) is 16.5 Å². The normalized spacial score (nSPS) is 10.2. The Morgan fingerprint density at radius 3 is 2.53 bits per heavy atom. The van der Waals surface area contributed by atoms with Gasteiger partial charge in [0.1, 0.15) is 16.8 Å². The Balaban J connectivity index is 2.65. The third-order valence-corrected chi connectivity index (χ3v) is 3.86. The number of thiophene rings is 1. The van der Waals surface area contributed by atoms with Crippen LogP contribution in [0, 0.1) is 31.0 Å². The summed E-state index contributed by atoms with van der Waals surface area (Å²) in [5.74, 6) is -0.273. The van der Waals surface area contributed by atoms with Crippen LogP contribution in [0.3, 0.4) is 0 Å². The lowest BCUT2D eigenvalue weighted by Crippen LogP contribution is -1.88. The van der Waals surface area contributed by atoms with Gasteiger partial charge >= 0.3 is 0 Å². The highest BCUT2D eigenvalue weighted by atomic mass is 32.1. The molecular formula is C13H11FN2S. The molecule has 0 atom stereocenters.